The Bertz CT molecular complexity index is 516. The summed E-state index contributed by atoms with van der Waals surface area (Å²) in [6, 6.07) is 1.86. The average Bonchev–Trinajstić information content (AvgIpc) is 2.76. The largest absolute Gasteiger partial charge is 0.388 e. The molecular weight excluding hydrogens is 216 g/mol. The quantitative estimate of drug-likeness (QED) is 0.786. The second-order valence-corrected chi connectivity index (χ2v) is 4.78. The molecule has 5 heteroatoms. The van der Waals surface area contributed by atoms with Crippen molar-refractivity contribution in [1.82, 2.24) is 19.9 Å². The number of hydrogen-bond acceptors (Lipinski definition) is 4. The third-order valence-corrected chi connectivity index (χ3v) is 3.28. The molecule has 0 saturated carbocycles. The molecule has 1 aliphatic rings. The molecule has 3 rings (SSSR count). The van der Waals surface area contributed by atoms with Gasteiger partial charge in [-0.3, -0.25) is 0 Å². The van der Waals surface area contributed by atoms with Gasteiger partial charge in [0.05, 0.1) is 11.8 Å². The molecule has 0 spiro atoms. The van der Waals surface area contributed by atoms with Gasteiger partial charge in [-0.1, -0.05) is 0 Å². The van der Waals surface area contributed by atoms with Gasteiger partial charge in [0.15, 0.2) is 5.65 Å². The number of rotatable bonds is 2. The molecule has 5 nitrogen and oxygen atoms in total. The minimum atomic E-state index is -0.638. The highest BCUT2D eigenvalue weighted by molar-refractivity contribution is 5.36. The van der Waals surface area contributed by atoms with Crippen LogP contribution in [0, 0.1) is 0 Å². The average molecular weight is 232 g/mol. The number of β-amino-alcohol motifs (C(OH)–C–C–N with tert-alkyl or cyclic N) is 1. The third kappa shape index (κ3) is 2.16. The lowest BCUT2D eigenvalue weighted by atomic mass is 9.88. The van der Waals surface area contributed by atoms with E-state index < -0.39 is 5.60 Å². The summed E-state index contributed by atoms with van der Waals surface area (Å²) in [5.41, 5.74) is 1.22. The summed E-state index contributed by atoms with van der Waals surface area (Å²) < 4.78 is 1.74. The van der Waals surface area contributed by atoms with E-state index >= 15 is 0 Å². The first-order valence-corrected chi connectivity index (χ1v) is 5.97. The number of piperidine rings is 1. The summed E-state index contributed by atoms with van der Waals surface area (Å²) in [4.78, 5) is 4.31. The van der Waals surface area contributed by atoms with Crippen LogP contribution in [-0.4, -0.2) is 38.4 Å². The zero-order valence-corrected chi connectivity index (χ0v) is 9.63. The fourth-order valence-corrected chi connectivity index (χ4v) is 2.42. The fraction of sp³-hybridized carbons (Fsp3) is 0.500. The van der Waals surface area contributed by atoms with Gasteiger partial charge in [0.1, 0.15) is 0 Å². The molecule has 1 aliphatic heterocycles. The second kappa shape index (κ2) is 4.09. The van der Waals surface area contributed by atoms with Crippen LogP contribution >= 0.6 is 0 Å². The molecule has 0 aromatic carbocycles. The van der Waals surface area contributed by atoms with Crippen LogP contribution in [0.3, 0.4) is 0 Å². The topological polar surface area (TPSA) is 62.5 Å². The second-order valence-electron chi connectivity index (χ2n) is 4.78. The number of fused-ring (bicyclic) bond motifs is 1. The van der Waals surface area contributed by atoms with Crippen molar-refractivity contribution < 1.29 is 5.11 Å². The first-order valence-electron chi connectivity index (χ1n) is 5.97. The fourth-order valence-electron chi connectivity index (χ4n) is 2.42. The van der Waals surface area contributed by atoms with Crippen molar-refractivity contribution in [2.45, 2.75) is 24.9 Å². The molecule has 3 heterocycles. The van der Waals surface area contributed by atoms with Crippen LogP contribution in [0.25, 0.3) is 5.65 Å². The minimum absolute atomic E-state index is 0.628. The van der Waals surface area contributed by atoms with Crippen molar-refractivity contribution in [1.29, 1.82) is 0 Å². The summed E-state index contributed by atoms with van der Waals surface area (Å²) in [5.74, 6) is 0. The van der Waals surface area contributed by atoms with Gasteiger partial charge < -0.3 is 10.4 Å². The Morgan fingerprint density at radius 3 is 3.29 bits per heavy atom. The first-order chi connectivity index (χ1) is 8.25. The molecule has 1 saturated heterocycles. The maximum absolute atomic E-state index is 10.4. The van der Waals surface area contributed by atoms with Crippen LogP contribution in [0.15, 0.2) is 24.7 Å². The zero-order chi connectivity index (χ0) is 11.7. The molecule has 17 heavy (non-hydrogen) atoms. The Labute approximate surface area is 99.5 Å². The molecular formula is C12H16N4O. The summed E-state index contributed by atoms with van der Waals surface area (Å²) in [6.45, 7) is 1.66. The lowest BCUT2D eigenvalue weighted by Crippen LogP contribution is -2.47. The normalized spacial score (nSPS) is 25.2. The van der Waals surface area contributed by atoms with Crippen LogP contribution in [0.5, 0.6) is 0 Å². The first kappa shape index (κ1) is 10.7. The van der Waals surface area contributed by atoms with E-state index in [0.717, 1.165) is 30.6 Å². The van der Waals surface area contributed by atoms with Crippen molar-refractivity contribution >= 4 is 5.65 Å². The third-order valence-electron chi connectivity index (χ3n) is 3.28. The number of aromatic nitrogens is 3. The maximum Gasteiger partial charge on any atom is 0.154 e. The highest BCUT2D eigenvalue weighted by Crippen LogP contribution is 2.21. The van der Waals surface area contributed by atoms with E-state index in [1.165, 1.54) is 0 Å². The summed E-state index contributed by atoms with van der Waals surface area (Å²) >= 11 is 0. The van der Waals surface area contributed by atoms with Crippen molar-refractivity contribution in [2.24, 2.45) is 0 Å². The molecule has 1 unspecified atom stereocenters. The van der Waals surface area contributed by atoms with Gasteiger partial charge in [-0.25, -0.2) is 9.50 Å². The van der Waals surface area contributed by atoms with Crippen molar-refractivity contribution in [3.63, 3.8) is 0 Å². The highest BCUT2D eigenvalue weighted by Gasteiger charge is 2.29. The predicted octanol–water partition coefficient (Wildman–Crippen LogP) is 0.386. The van der Waals surface area contributed by atoms with Crippen LogP contribution in [0.2, 0.25) is 0 Å². The summed E-state index contributed by atoms with van der Waals surface area (Å²) in [7, 11) is 0. The smallest absolute Gasteiger partial charge is 0.154 e. The Morgan fingerprint density at radius 1 is 1.53 bits per heavy atom. The molecule has 1 fully saturated rings. The van der Waals surface area contributed by atoms with Crippen LogP contribution in [-0.2, 0) is 6.42 Å². The maximum atomic E-state index is 10.4. The van der Waals surface area contributed by atoms with Gasteiger partial charge in [0.25, 0.3) is 0 Å². The van der Waals surface area contributed by atoms with Gasteiger partial charge in [0.2, 0.25) is 0 Å². The Hall–Kier alpha value is -1.46. The van der Waals surface area contributed by atoms with E-state index in [2.05, 4.69) is 15.4 Å². The highest BCUT2D eigenvalue weighted by atomic mass is 16.3. The summed E-state index contributed by atoms with van der Waals surface area (Å²) in [5, 5.41) is 17.8. The van der Waals surface area contributed by atoms with Crippen LogP contribution < -0.4 is 5.32 Å². The van der Waals surface area contributed by atoms with Crippen molar-refractivity contribution in [3.8, 4) is 0 Å². The van der Waals surface area contributed by atoms with Crippen molar-refractivity contribution in [2.75, 3.05) is 13.1 Å². The molecule has 2 N–H and O–H groups in total. The van der Waals surface area contributed by atoms with Gasteiger partial charge in [-0.05, 0) is 24.9 Å². The minimum Gasteiger partial charge on any atom is -0.388 e. The molecule has 2 aromatic rings. The predicted molar refractivity (Wildman–Crippen MR) is 63.7 cm³/mol. The molecule has 0 amide bonds. The summed E-state index contributed by atoms with van der Waals surface area (Å²) in [6.07, 6.45) is 7.98. The molecule has 0 radical (unpaired) electrons. The zero-order valence-electron chi connectivity index (χ0n) is 9.63. The van der Waals surface area contributed by atoms with Crippen LogP contribution in [0.4, 0.5) is 0 Å². The van der Waals surface area contributed by atoms with E-state index in [1.54, 1.807) is 10.7 Å². The lowest BCUT2D eigenvalue weighted by molar-refractivity contribution is 0.0168. The van der Waals surface area contributed by atoms with Gasteiger partial charge in [-0.2, -0.15) is 5.10 Å². The number of aliphatic hydroxyl groups is 1. The Balaban J connectivity index is 1.83. The standard InChI is InChI=1S/C12H16N4O/c17-12(3-1-4-13-9-12)6-10-7-14-11-2-5-15-16(11)8-10/h2,5,7-8,13,17H,1,3-4,6,9H2. The molecule has 0 aliphatic carbocycles. The monoisotopic (exact) mass is 232 g/mol. The number of nitrogens with zero attached hydrogens (tertiary/aromatic N) is 3. The molecule has 2 aromatic heterocycles. The van der Waals surface area contributed by atoms with Gasteiger partial charge >= 0.3 is 0 Å². The molecule has 0 bridgehead atoms. The van der Waals surface area contributed by atoms with Gasteiger partial charge in [-0.15, -0.1) is 0 Å². The Morgan fingerprint density at radius 2 is 2.47 bits per heavy atom. The van der Waals surface area contributed by atoms with Crippen molar-refractivity contribution in [3.05, 3.63) is 30.2 Å². The lowest BCUT2D eigenvalue weighted by Gasteiger charge is -2.32. The number of nitrogens with one attached hydrogen (secondary N) is 1. The van der Waals surface area contributed by atoms with E-state index in [4.69, 9.17) is 0 Å². The van der Waals surface area contributed by atoms with E-state index in [9.17, 15) is 5.11 Å². The Kier molecular flexibility index (Phi) is 2.57. The number of hydrogen-bond donors (Lipinski definition) is 2. The van der Waals surface area contributed by atoms with E-state index in [1.807, 2.05) is 18.5 Å². The van der Waals surface area contributed by atoms with Gasteiger partial charge in [0, 0.05) is 31.4 Å². The van der Waals surface area contributed by atoms with E-state index in [0.29, 0.717) is 13.0 Å². The van der Waals surface area contributed by atoms with Crippen LogP contribution in [0.1, 0.15) is 18.4 Å². The molecule has 90 valence electrons. The SMILES string of the molecule is OC1(Cc2cnc3ccnn3c2)CCCNC1. The van der Waals surface area contributed by atoms with E-state index in [-0.39, 0.29) is 0 Å². The molecule has 1 atom stereocenters.